The molecule has 1 unspecified atom stereocenters. The summed E-state index contributed by atoms with van der Waals surface area (Å²) in [6, 6.07) is 29.5. The monoisotopic (exact) mass is 512 g/mol. The van der Waals surface area contributed by atoms with Crippen molar-refractivity contribution < 1.29 is 13.2 Å². The van der Waals surface area contributed by atoms with E-state index < -0.39 is 22.0 Å². The molecule has 0 saturated carbocycles. The van der Waals surface area contributed by atoms with Crippen molar-refractivity contribution in [3.8, 4) is 0 Å². The van der Waals surface area contributed by atoms with Crippen molar-refractivity contribution in [2.75, 3.05) is 10.8 Å². The van der Waals surface area contributed by atoms with Crippen LogP contribution in [0.3, 0.4) is 0 Å². The van der Waals surface area contributed by atoms with E-state index in [9.17, 15) is 13.2 Å². The Bertz CT molecular complexity index is 1480. The summed E-state index contributed by atoms with van der Waals surface area (Å²) in [6.07, 6.45) is 0. The quantitative estimate of drug-likeness (QED) is 0.314. The Kier molecular flexibility index (Phi) is 7.79. The van der Waals surface area contributed by atoms with Crippen LogP contribution in [0.25, 0.3) is 0 Å². The van der Waals surface area contributed by atoms with Crippen LogP contribution in [0.5, 0.6) is 0 Å². The van der Waals surface area contributed by atoms with Crippen molar-refractivity contribution in [1.82, 2.24) is 5.32 Å². The molecule has 37 heavy (non-hydrogen) atoms. The van der Waals surface area contributed by atoms with Gasteiger partial charge in [-0.3, -0.25) is 9.10 Å². The molecule has 0 bridgehead atoms. The fraction of sp³-hybridized carbons (Fsp3) is 0.194. The molecule has 0 aromatic heterocycles. The lowest BCUT2D eigenvalue weighted by molar-refractivity contribution is -0.120. The molecule has 1 N–H and O–H groups in total. The van der Waals surface area contributed by atoms with Crippen LogP contribution in [0, 0.1) is 27.7 Å². The minimum absolute atomic E-state index is 0.142. The van der Waals surface area contributed by atoms with Crippen molar-refractivity contribution in [2.45, 2.75) is 38.6 Å². The molecule has 4 aromatic rings. The Morgan fingerprint density at radius 1 is 0.703 bits per heavy atom. The van der Waals surface area contributed by atoms with Crippen molar-refractivity contribution in [1.29, 1.82) is 0 Å². The molecule has 1 amide bonds. The first kappa shape index (κ1) is 26.2. The summed E-state index contributed by atoms with van der Waals surface area (Å²) in [7, 11) is -4.00. The smallest absolute Gasteiger partial charge is 0.264 e. The summed E-state index contributed by atoms with van der Waals surface area (Å²) in [5.74, 6) is -0.398. The van der Waals surface area contributed by atoms with Gasteiger partial charge in [-0.1, -0.05) is 83.9 Å². The van der Waals surface area contributed by atoms with E-state index in [1.54, 1.807) is 36.4 Å². The first-order chi connectivity index (χ1) is 17.6. The lowest BCUT2D eigenvalue weighted by atomic mass is 9.97. The van der Waals surface area contributed by atoms with Gasteiger partial charge in [-0.25, -0.2) is 8.42 Å². The average Bonchev–Trinajstić information content (AvgIpc) is 2.86. The predicted octanol–water partition coefficient (Wildman–Crippen LogP) is 6.02. The molecule has 6 heteroatoms. The van der Waals surface area contributed by atoms with E-state index in [-0.39, 0.29) is 11.4 Å². The molecule has 0 aliphatic carbocycles. The highest BCUT2D eigenvalue weighted by Gasteiger charge is 2.29. The number of nitrogens with one attached hydrogen (secondary N) is 1. The summed E-state index contributed by atoms with van der Waals surface area (Å²) in [6.45, 7) is 7.38. The maximum absolute atomic E-state index is 13.8. The number of hydrogen-bond donors (Lipinski definition) is 1. The zero-order valence-corrected chi connectivity index (χ0v) is 22.4. The number of anilines is 1. The summed E-state index contributed by atoms with van der Waals surface area (Å²) in [5.41, 5.74) is 6.17. The van der Waals surface area contributed by atoms with Crippen LogP contribution in [0.15, 0.2) is 102 Å². The third-order valence-electron chi connectivity index (χ3n) is 6.20. The molecule has 4 rings (SSSR count). The summed E-state index contributed by atoms with van der Waals surface area (Å²) in [5, 5.41) is 3.09. The minimum atomic E-state index is -4.00. The van der Waals surface area contributed by atoms with Crippen LogP contribution in [-0.2, 0) is 14.8 Å². The van der Waals surface area contributed by atoms with Gasteiger partial charge in [0.2, 0.25) is 5.91 Å². The standard InChI is InChI=1S/C31H32N2O3S/c1-22-13-15-29(16-14-22)37(35,36)33(28-19-24(3)17-25(4)20-28)21-30(34)32-31(26-10-6-5-7-11-26)27-12-8-9-23(2)18-27/h5-20,31H,21H2,1-4H3,(H,32,34). The molecule has 5 nitrogen and oxygen atoms in total. The van der Waals surface area contributed by atoms with Gasteiger partial charge in [0.05, 0.1) is 16.6 Å². The molecular formula is C31H32N2O3S. The number of nitrogens with zero attached hydrogens (tertiary/aromatic N) is 1. The van der Waals surface area contributed by atoms with Crippen LogP contribution in [0.1, 0.15) is 39.4 Å². The van der Waals surface area contributed by atoms with Crippen LogP contribution in [0.4, 0.5) is 5.69 Å². The van der Waals surface area contributed by atoms with Crippen molar-refractivity contribution in [2.24, 2.45) is 0 Å². The van der Waals surface area contributed by atoms with E-state index in [0.717, 1.165) is 33.4 Å². The van der Waals surface area contributed by atoms with E-state index in [1.807, 2.05) is 88.4 Å². The van der Waals surface area contributed by atoms with Crippen LogP contribution in [-0.4, -0.2) is 20.9 Å². The Balaban J connectivity index is 1.72. The number of carbonyl (C=O) groups is 1. The molecule has 0 aliphatic heterocycles. The Hall–Kier alpha value is -3.90. The maximum atomic E-state index is 13.8. The van der Waals surface area contributed by atoms with Gasteiger partial charge >= 0.3 is 0 Å². The van der Waals surface area contributed by atoms with E-state index in [1.165, 1.54) is 4.31 Å². The molecule has 4 aromatic carbocycles. The molecule has 0 aliphatic rings. The minimum Gasteiger partial charge on any atom is -0.344 e. The van der Waals surface area contributed by atoms with Gasteiger partial charge in [0.1, 0.15) is 6.54 Å². The van der Waals surface area contributed by atoms with Crippen LogP contribution in [0.2, 0.25) is 0 Å². The molecule has 190 valence electrons. The van der Waals surface area contributed by atoms with E-state index in [2.05, 4.69) is 5.32 Å². The fourth-order valence-electron chi connectivity index (χ4n) is 4.44. The topological polar surface area (TPSA) is 66.5 Å². The molecule has 0 radical (unpaired) electrons. The highest BCUT2D eigenvalue weighted by Crippen LogP contribution is 2.27. The lowest BCUT2D eigenvalue weighted by Gasteiger charge is -2.27. The first-order valence-corrected chi connectivity index (χ1v) is 13.7. The van der Waals surface area contributed by atoms with E-state index >= 15 is 0 Å². The van der Waals surface area contributed by atoms with Crippen LogP contribution < -0.4 is 9.62 Å². The van der Waals surface area contributed by atoms with Gasteiger partial charge in [-0.05, 0) is 74.2 Å². The van der Waals surface area contributed by atoms with Gasteiger partial charge in [-0.15, -0.1) is 0 Å². The van der Waals surface area contributed by atoms with Gasteiger partial charge in [0.25, 0.3) is 10.0 Å². The fourth-order valence-corrected chi connectivity index (χ4v) is 5.84. The van der Waals surface area contributed by atoms with Crippen molar-refractivity contribution >= 4 is 21.6 Å². The highest BCUT2D eigenvalue weighted by atomic mass is 32.2. The Labute approximate surface area is 219 Å². The SMILES string of the molecule is Cc1ccc(S(=O)(=O)N(CC(=O)NC(c2ccccc2)c2cccc(C)c2)c2cc(C)cc(C)c2)cc1. The average molecular weight is 513 g/mol. The largest absolute Gasteiger partial charge is 0.344 e. The number of rotatable bonds is 8. The normalized spacial score (nSPS) is 12.1. The highest BCUT2D eigenvalue weighted by molar-refractivity contribution is 7.92. The van der Waals surface area contributed by atoms with Crippen LogP contribution >= 0.6 is 0 Å². The third kappa shape index (κ3) is 6.27. The summed E-state index contributed by atoms with van der Waals surface area (Å²) in [4.78, 5) is 13.7. The second-order valence-electron chi connectivity index (χ2n) is 9.50. The molecule has 0 saturated heterocycles. The zero-order valence-electron chi connectivity index (χ0n) is 21.6. The van der Waals surface area contributed by atoms with Gasteiger partial charge < -0.3 is 5.32 Å². The van der Waals surface area contributed by atoms with Crippen molar-refractivity contribution in [3.63, 3.8) is 0 Å². The van der Waals surface area contributed by atoms with Crippen molar-refractivity contribution in [3.05, 3.63) is 130 Å². The molecule has 0 heterocycles. The predicted molar refractivity (Wildman–Crippen MR) is 149 cm³/mol. The third-order valence-corrected chi connectivity index (χ3v) is 7.99. The molecule has 0 spiro atoms. The number of benzene rings is 4. The number of amides is 1. The number of sulfonamides is 1. The number of carbonyl (C=O) groups excluding carboxylic acids is 1. The van der Waals surface area contributed by atoms with Gasteiger partial charge in [0.15, 0.2) is 0 Å². The van der Waals surface area contributed by atoms with Gasteiger partial charge in [-0.2, -0.15) is 0 Å². The van der Waals surface area contributed by atoms with E-state index in [0.29, 0.717) is 5.69 Å². The lowest BCUT2D eigenvalue weighted by Crippen LogP contribution is -2.42. The Morgan fingerprint density at radius 3 is 1.95 bits per heavy atom. The number of aryl methyl sites for hydroxylation is 4. The van der Waals surface area contributed by atoms with Gasteiger partial charge in [0, 0.05) is 0 Å². The molecule has 1 atom stereocenters. The molecule has 0 fully saturated rings. The maximum Gasteiger partial charge on any atom is 0.264 e. The Morgan fingerprint density at radius 2 is 1.32 bits per heavy atom. The number of hydrogen-bond acceptors (Lipinski definition) is 3. The second-order valence-corrected chi connectivity index (χ2v) is 11.4. The zero-order chi connectivity index (χ0) is 26.6. The molecular weight excluding hydrogens is 480 g/mol. The second kappa shape index (κ2) is 11.0. The van der Waals surface area contributed by atoms with E-state index in [4.69, 9.17) is 0 Å². The summed E-state index contributed by atoms with van der Waals surface area (Å²) < 4.78 is 28.8. The first-order valence-electron chi connectivity index (χ1n) is 12.2. The summed E-state index contributed by atoms with van der Waals surface area (Å²) >= 11 is 0.